The van der Waals surface area contributed by atoms with Gasteiger partial charge in [0.15, 0.2) is 5.16 Å². The smallest absolute Gasteiger partial charge is 0.231 e. The molecule has 1 aromatic rings. The van der Waals surface area contributed by atoms with Crippen LogP contribution in [0.25, 0.3) is 0 Å². The van der Waals surface area contributed by atoms with Crippen molar-refractivity contribution in [3.63, 3.8) is 0 Å². The van der Waals surface area contributed by atoms with Crippen LogP contribution in [-0.2, 0) is 0 Å². The largest absolute Gasteiger partial charge is 0.352 e. The highest BCUT2D eigenvalue weighted by atomic mass is 32.2. The Labute approximate surface area is 107 Å². The molecule has 0 aliphatic heterocycles. The number of aromatic nitrogens is 3. The number of rotatable bonds is 6. The van der Waals surface area contributed by atoms with Gasteiger partial charge in [-0.1, -0.05) is 11.8 Å². The number of nitrogens with zero attached hydrogens (tertiary/aromatic N) is 4. The van der Waals surface area contributed by atoms with Gasteiger partial charge in [-0.05, 0) is 34.0 Å². The molecular formula is C11H21N5S. The molecule has 0 amide bonds. The highest BCUT2D eigenvalue weighted by molar-refractivity contribution is 7.98. The van der Waals surface area contributed by atoms with Crippen LogP contribution in [0.5, 0.6) is 0 Å². The van der Waals surface area contributed by atoms with Gasteiger partial charge >= 0.3 is 0 Å². The maximum absolute atomic E-state index is 4.44. The van der Waals surface area contributed by atoms with E-state index in [1.807, 2.05) is 6.26 Å². The van der Waals surface area contributed by atoms with Crippen molar-refractivity contribution in [1.29, 1.82) is 0 Å². The zero-order chi connectivity index (χ0) is 12.8. The van der Waals surface area contributed by atoms with Crippen molar-refractivity contribution >= 4 is 23.7 Å². The Morgan fingerprint density at radius 1 is 1.18 bits per heavy atom. The van der Waals surface area contributed by atoms with E-state index in [1.54, 1.807) is 0 Å². The molecule has 17 heavy (non-hydrogen) atoms. The summed E-state index contributed by atoms with van der Waals surface area (Å²) >= 11 is 1.53. The van der Waals surface area contributed by atoms with E-state index in [4.69, 9.17) is 0 Å². The lowest BCUT2D eigenvalue weighted by molar-refractivity contribution is 0.772. The zero-order valence-corrected chi connectivity index (χ0v) is 12.0. The van der Waals surface area contributed by atoms with E-state index < -0.39 is 0 Å². The van der Waals surface area contributed by atoms with Gasteiger partial charge in [-0.3, -0.25) is 0 Å². The molecule has 0 bridgehead atoms. The van der Waals surface area contributed by atoms with Gasteiger partial charge in [-0.25, -0.2) is 0 Å². The Morgan fingerprint density at radius 3 is 2.29 bits per heavy atom. The molecule has 0 aromatic carbocycles. The quantitative estimate of drug-likeness (QED) is 0.787. The first-order valence-corrected chi connectivity index (χ1v) is 7.14. The highest BCUT2D eigenvalue weighted by Gasteiger charge is 2.10. The third-order valence-corrected chi connectivity index (χ3v) is 2.80. The van der Waals surface area contributed by atoms with Crippen LogP contribution in [0.3, 0.4) is 0 Å². The first-order valence-electron chi connectivity index (χ1n) is 5.92. The molecule has 0 saturated heterocycles. The van der Waals surface area contributed by atoms with E-state index in [9.17, 15) is 0 Å². The van der Waals surface area contributed by atoms with Gasteiger partial charge in [0, 0.05) is 19.1 Å². The molecule has 1 heterocycles. The van der Waals surface area contributed by atoms with Crippen molar-refractivity contribution in [2.45, 2.75) is 38.9 Å². The Morgan fingerprint density at radius 2 is 1.82 bits per heavy atom. The molecule has 1 rings (SSSR count). The van der Waals surface area contributed by atoms with Gasteiger partial charge in [0.25, 0.3) is 0 Å². The highest BCUT2D eigenvalue weighted by Crippen LogP contribution is 2.16. The van der Waals surface area contributed by atoms with E-state index in [2.05, 4.69) is 52.9 Å². The molecule has 0 fully saturated rings. The summed E-state index contributed by atoms with van der Waals surface area (Å²) in [6.07, 6.45) is 1.97. The molecule has 0 unspecified atom stereocenters. The van der Waals surface area contributed by atoms with Crippen molar-refractivity contribution in [2.24, 2.45) is 0 Å². The summed E-state index contributed by atoms with van der Waals surface area (Å²) in [5, 5.41) is 3.98. The Balaban J connectivity index is 3.03. The van der Waals surface area contributed by atoms with Crippen LogP contribution in [0.1, 0.15) is 27.7 Å². The predicted molar refractivity (Wildman–Crippen MR) is 73.9 cm³/mol. The average Bonchev–Trinajstić information content (AvgIpc) is 2.29. The molecule has 6 heteroatoms. The first kappa shape index (κ1) is 14.0. The van der Waals surface area contributed by atoms with E-state index in [-0.39, 0.29) is 0 Å². The molecule has 1 N–H and O–H groups in total. The van der Waals surface area contributed by atoms with Gasteiger partial charge < -0.3 is 10.2 Å². The lowest BCUT2D eigenvalue weighted by Crippen LogP contribution is -2.25. The lowest BCUT2D eigenvalue weighted by Gasteiger charge is -2.19. The van der Waals surface area contributed by atoms with Crippen LogP contribution < -0.4 is 10.2 Å². The standard InChI is InChI=1S/C11H21N5S/c1-6-16(7-2)10-13-9(12-8(3)4)14-11(15-10)17-5/h8H,6-7H2,1-5H3,(H,12,13,14,15). The monoisotopic (exact) mass is 255 g/mol. The number of anilines is 2. The molecule has 96 valence electrons. The molecule has 1 aromatic heterocycles. The maximum atomic E-state index is 4.44. The third kappa shape index (κ3) is 4.03. The minimum absolute atomic E-state index is 0.316. The molecular weight excluding hydrogens is 234 g/mol. The van der Waals surface area contributed by atoms with Crippen LogP contribution >= 0.6 is 11.8 Å². The molecule has 0 aliphatic rings. The van der Waals surface area contributed by atoms with Crippen molar-refractivity contribution in [2.75, 3.05) is 29.6 Å². The summed E-state index contributed by atoms with van der Waals surface area (Å²) in [7, 11) is 0. The van der Waals surface area contributed by atoms with Gasteiger partial charge in [0.1, 0.15) is 0 Å². The fourth-order valence-corrected chi connectivity index (χ4v) is 1.76. The second-order valence-electron chi connectivity index (χ2n) is 3.92. The minimum Gasteiger partial charge on any atom is -0.352 e. The fraction of sp³-hybridized carbons (Fsp3) is 0.727. The second-order valence-corrected chi connectivity index (χ2v) is 4.69. The van der Waals surface area contributed by atoms with Gasteiger partial charge in [-0.15, -0.1) is 0 Å². The van der Waals surface area contributed by atoms with Crippen molar-refractivity contribution in [3.05, 3.63) is 0 Å². The number of thioether (sulfide) groups is 1. The zero-order valence-electron chi connectivity index (χ0n) is 11.2. The average molecular weight is 255 g/mol. The molecule has 5 nitrogen and oxygen atoms in total. The van der Waals surface area contributed by atoms with Crippen molar-refractivity contribution < 1.29 is 0 Å². The number of hydrogen-bond acceptors (Lipinski definition) is 6. The van der Waals surface area contributed by atoms with E-state index in [0.29, 0.717) is 12.0 Å². The third-order valence-electron chi connectivity index (χ3n) is 2.25. The molecule has 0 saturated carbocycles. The van der Waals surface area contributed by atoms with Crippen LogP contribution in [0, 0.1) is 0 Å². The lowest BCUT2D eigenvalue weighted by atomic mass is 10.4. The summed E-state index contributed by atoms with van der Waals surface area (Å²) in [6, 6.07) is 0.316. The number of nitrogens with one attached hydrogen (secondary N) is 1. The Bertz CT molecular complexity index is 352. The predicted octanol–water partition coefficient (Wildman–Crippen LogP) is 2.26. The second kappa shape index (κ2) is 6.64. The van der Waals surface area contributed by atoms with Gasteiger partial charge in [0.2, 0.25) is 11.9 Å². The summed E-state index contributed by atoms with van der Waals surface area (Å²) in [5.74, 6) is 1.40. The van der Waals surface area contributed by atoms with Gasteiger partial charge in [0.05, 0.1) is 0 Å². The summed E-state index contributed by atoms with van der Waals surface area (Å²) in [5.41, 5.74) is 0. The van der Waals surface area contributed by atoms with Crippen LogP contribution in [0.2, 0.25) is 0 Å². The molecule has 0 spiro atoms. The minimum atomic E-state index is 0.316. The molecule has 0 atom stereocenters. The summed E-state index contributed by atoms with van der Waals surface area (Å²) < 4.78 is 0. The van der Waals surface area contributed by atoms with Crippen LogP contribution in [0.15, 0.2) is 5.16 Å². The molecule has 0 radical (unpaired) electrons. The fourth-order valence-electron chi connectivity index (χ4n) is 1.41. The van der Waals surface area contributed by atoms with E-state index in [1.165, 1.54) is 11.8 Å². The maximum Gasteiger partial charge on any atom is 0.231 e. The van der Waals surface area contributed by atoms with Crippen LogP contribution in [-0.4, -0.2) is 40.3 Å². The Kier molecular flexibility index (Phi) is 5.47. The summed E-state index contributed by atoms with van der Waals surface area (Å²) in [6.45, 7) is 10.1. The van der Waals surface area contributed by atoms with Crippen molar-refractivity contribution in [1.82, 2.24) is 15.0 Å². The summed E-state index contributed by atoms with van der Waals surface area (Å²) in [4.78, 5) is 15.3. The van der Waals surface area contributed by atoms with Crippen molar-refractivity contribution in [3.8, 4) is 0 Å². The first-order chi connectivity index (χ1) is 8.10. The van der Waals surface area contributed by atoms with Crippen LogP contribution in [0.4, 0.5) is 11.9 Å². The van der Waals surface area contributed by atoms with E-state index in [0.717, 1.165) is 24.2 Å². The topological polar surface area (TPSA) is 53.9 Å². The SMILES string of the molecule is CCN(CC)c1nc(NC(C)C)nc(SC)n1. The Hall–Kier alpha value is -1.04. The normalized spacial score (nSPS) is 10.7. The van der Waals surface area contributed by atoms with E-state index >= 15 is 0 Å². The molecule has 0 aliphatic carbocycles. The van der Waals surface area contributed by atoms with Gasteiger partial charge in [-0.2, -0.15) is 15.0 Å². The number of hydrogen-bond donors (Lipinski definition) is 1.